The Balaban J connectivity index is 2.25. The second-order valence-corrected chi connectivity index (χ2v) is 5.10. The lowest BCUT2D eigenvalue weighted by Gasteiger charge is -2.12. The van der Waals surface area contributed by atoms with Gasteiger partial charge in [-0.1, -0.05) is 23.2 Å². The van der Waals surface area contributed by atoms with Crippen LogP contribution in [-0.4, -0.2) is 26.8 Å². The quantitative estimate of drug-likeness (QED) is 0.903. The molecule has 1 heterocycles. The Kier molecular flexibility index (Phi) is 4.50. The second kappa shape index (κ2) is 6.15. The molecular formula is C13H11Cl2N3O3. The van der Waals surface area contributed by atoms with Gasteiger partial charge in [-0.25, -0.2) is 9.48 Å². The molecule has 0 fully saturated rings. The molecule has 0 aliphatic heterocycles. The number of hydrogen-bond donors (Lipinski definition) is 2. The molecule has 1 aromatic carbocycles. The number of halogens is 2. The lowest BCUT2D eigenvalue weighted by atomic mass is 10.3. The Morgan fingerprint density at radius 1 is 1.33 bits per heavy atom. The van der Waals surface area contributed by atoms with Crippen LogP contribution >= 0.6 is 23.2 Å². The van der Waals surface area contributed by atoms with Crippen molar-refractivity contribution in [1.82, 2.24) is 9.78 Å². The van der Waals surface area contributed by atoms with E-state index >= 15 is 0 Å². The molecule has 0 bridgehead atoms. The first-order valence-corrected chi connectivity index (χ1v) is 6.68. The van der Waals surface area contributed by atoms with Crippen molar-refractivity contribution in [3.05, 3.63) is 46.2 Å². The van der Waals surface area contributed by atoms with E-state index in [1.165, 1.54) is 25.3 Å². The fraction of sp³-hybridized carbons (Fsp3) is 0.154. The SMILES string of the molecule is CC(C(=O)O)n1nccc1C(=O)Nc1ccc(Cl)cc1Cl. The summed E-state index contributed by atoms with van der Waals surface area (Å²) in [5.41, 5.74) is 0.498. The van der Waals surface area contributed by atoms with Crippen LogP contribution in [0.2, 0.25) is 10.0 Å². The van der Waals surface area contributed by atoms with Crippen molar-refractivity contribution in [2.45, 2.75) is 13.0 Å². The number of aromatic nitrogens is 2. The van der Waals surface area contributed by atoms with E-state index in [0.717, 1.165) is 4.68 Å². The second-order valence-electron chi connectivity index (χ2n) is 4.25. The van der Waals surface area contributed by atoms with Crippen LogP contribution in [0.3, 0.4) is 0 Å². The van der Waals surface area contributed by atoms with Gasteiger partial charge >= 0.3 is 5.97 Å². The van der Waals surface area contributed by atoms with E-state index in [1.807, 2.05) is 0 Å². The number of rotatable bonds is 4. The molecule has 2 rings (SSSR count). The van der Waals surface area contributed by atoms with E-state index in [9.17, 15) is 9.59 Å². The van der Waals surface area contributed by atoms with Crippen LogP contribution in [-0.2, 0) is 4.79 Å². The van der Waals surface area contributed by atoms with Crippen LogP contribution in [0.4, 0.5) is 5.69 Å². The van der Waals surface area contributed by atoms with Crippen LogP contribution in [0.25, 0.3) is 0 Å². The first-order valence-electron chi connectivity index (χ1n) is 5.93. The van der Waals surface area contributed by atoms with Gasteiger partial charge in [0.15, 0.2) is 0 Å². The van der Waals surface area contributed by atoms with Crippen molar-refractivity contribution in [2.24, 2.45) is 0 Å². The molecule has 8 heteroatoms. The number of aliphatic carboxylic acids is 1. The summed E-state index contributed by atoms with van der Waals surface area (Å²) in [7, 11) is 0. The lowest BCUT2D eigenvalue weighted by molar-refractivity contribution is -0.140. The third kappa shape index (κ3) is 3.34. The van der Waals surface area contributed by atoms with Crippen molar-refractivity contribution in [3.8, 4) is 0 Å². The molecule has 1 amide bonds. The largest absolute Gasteiger partial charge is 0.480 e. The Bertz CT molecular complexity index is 700. The number of amides is 1. The number of nitrogens with one attached hydrogen (secondary N) is 1. The number of hydrogen-bond acceptors (Lipinski definition) is 3. The average Bonchev–Trinajstić information content (AvgIpc) is 2.90. The maximum absolute atomic E-state index is 12.2. The summed E-state index contributed by atoms with van der Waals surface area (Å²) in [6.07, 6.45) is 1.36. The van der Waals surface area contributed by atoms with Gasteiger partial charge in [0, 0.05) is 11.2 Å². The van der Waals surface area contributed by atoms with Gasteiger partial charge in [0.1, 0.15) is 11.7 Å². The predicted octanol–water partition coefficient (Wildman–Crippen LogP) is 3.09. The van der Waals surface area contributed by atoms with Crippen LogP contribution in [0, 0.1) is 0 Å². The first kappa shape index (κ1) is 15.3. The molecule has 6 nitrogen and oxygen atoms in total. The van der Waals surface area contributed by atoms with E-state index in [0.29, 0.717) is 10.7 Å². The molecule has 110 valence electrons. The van der Waals surface area contributed by atoms with E-state index in [-0.39, 0.29) is 10.7 Å². The molecule has 2 aromatic rings. The molecule has 0 spiro atoms. The van der Waals surface area contributed by atoms with Crippen LogP contribution < -0.4 is 5.32 Å². The monoisotopic (exact) mass is 327 g/mol. The van der Waals surface area contributed by atoms with Gasteiger partial charge in [0.05, 0.1) is 10.7 Å². The molecule has 1 unspecified atom stereocenters. The summed E-state index contributed by atoms with van der Waals surface area (Å²) in [5, 5.41) is 16.2. The fourth-order valence-electron chi connectivity index (χ4n) is 1.68. The van der Waals surface area contributed by atoms with Gasteiger partial charge in [-0.05, 0) is 31.2 Å². The highest BCUT2D eigenvalue weighted by Gasteiger charge is 2.21. The molecular weight excluding hydrogens is 317 g/mol. The predicted molar refractivity (Wildman–Crippen MR) is 79.0 cm³/mol. The summed E-state index contributed by atoms with van der Waals surface area (Å²) in [4.78, 5) is 23.2. The highest BCUT2D eigenvalue weighted by Crippen LogP contribution is 2.26. The summed E-state index contributed by atoms with van der Waals surface area (Å²) < 4.78 is 1.13. The summed E-state index contributed by atoms with van der Waals surface area (Å²) in [6, 6.07) is 5.11. The van der Waals surface area contributed by atoms with E-state index in [4.69, 9.17) is 28.3 Å². The molecule has 21 heavy (non-hydrogen) atoms. The Labute approximate surface area is 130 Å². The fourth-order valence-corrected chi connectivity index (χ4v) is 2.14. The molecule has 2 N–H and O–H groups in total. The van der Waals surface area contributed by atoms with Crippen molar-refractivity contribution in [2.75, 3.05) is 5.32 Å². The number of carbonyl (C=O) groups excluding carboxylic acids is 1. The summed E-state index contributed by atoms with van der Waals surface area (Å²) in [6.45, 7) is 1.43. The smallest absolute Gasteiger partial charge is 0.328 e. The van der Waals surface area contributed by atoms with Gasteiger partial charge in [0.2, 0.25) is 0 Å². The number of carbonyl (C=O) groups is 2. The highest BCUT2D eigenvalue weighted by atomic mass is 35.5. The van der Waals surface area contributed by atoms with Crippen LogP contribution in [0.5, 0.6) is 0 Å². The van der Waals surface area contributed by atoms with Gasteiger partial charge in [-0.2, -0.15) is 5.10 Å². The highest BCUT2D eigenvalue weighted by molar-refractivity contribution is 6.36. The van der Waals surface area contributed by atoms with Crippen molar-refractivity contribution in [3.63, 3.8) is 0 Å². The van der Waals surface area contributed by atoms with Crippen molar-refractivity contribution in [1.29, 1.82) is 0 Å². The molecule has 0 saturated carbocycles. The topological polar surface area (TPSA) is 84.2 Å². The van der Waals surface area contributed by atoms with E-state index < -0.39 is 17.9 Å². The lowest BCUT2D eigenvalue weighted by Crippen LogP contribution is -2.24. The number of carboxylic acids is 1. The zero-order valence-electron chi connectivity index (χ0n) is 10.9. The number of nitrogens with zero attached hydrogens (tertiary/aromatic N) is 2. The van der Waals surface area contributed by atoms with Crippen molar-refractivity contribution >= 4 is 40.8 Å². The third-order valence-electron chi connectivity index (χ3n) is 2.81. The molecule has 0 aliphatic carbocycles. The third-order valence-corrected chi connectivity index (χ3v) is 3.35. The molecule has 0 saturated heterocycles. The van der Waals surface area contributed by atoms with Gasteiger partial charge in [-0.3, -0.25) is 4.79 Å². The van der Waals surface area contributed by atoms with E-state index in [2.05, 4.69) is 10.4 Å². The maximum Gasteiger partial charge on any atom is 0.328 e. The molecule has 1 atom stereocenters. The minimum atomic E-state index is -1.09. The zero-order valence-corrected chi connectivity index (χ0v) is 12.4. The number of benzene rings is 1. The molecule has 0 aliphatic rings. The number of anilines is 1. The minimum absolute atomic E-state index is 0.121. The normalized spacial score (nSPS) is 12.0. The first-order chi connectivity index (χ1) is 9.90. The molecule has 0 radical (unpaired) electrons. The summed E-state index contributed by atoms with van der Waals surface area (Å²) >= 11 is 11.8. The maximum atomic E-state index is 12.2. The van der Waals surface area contributed by atoms with Crippen molar-refractivity contribution < 1.29 is 14.7 Å². The van der Waals surface area contributed by atoms with Gasteiger partial charge in [-0.15, -0.1) is 0 Å². The van der Waals surface area contributed by atoms with Crippen LogP contribution in [0.1, 0.15) is 23.5 Å². The number of carboxylic acid groups (broad SMARTS) is 1. The van der Waals surface area contributed by atoms with E-state index in [1.54, 1.807) is 12.1 Å². The van der Waals surface area contributed by atoms with Crippen LogP contribution in [0.15, 0.2) is 30.5 Å². The Morgan fingerprint density at radius 2 is 2.05 bits per heavy atom. The minimum Gasteiger partial charge on any atom is -0.480 e. The standard InChI is InChI=1S/C13H11Cl2N3O3/c1-7(13(20)21)18-11(4-5-16-18)12(19)17-10-3-2-8(14)6-9(10)15/h2-7H,1H3,(H,17,19)(H,20,21). The van der Waals surface area contributed by atoms with Gasteiger partial charge in [0.25, 0.3) is 5.91 Å². The average molecular weight is 328 g/mol. The Hall–Kier alpha value is -2.05. The van der Waals surface area contributed by atoms with Gasteiger partial charge < -0.3 is 10.4 Å². The summed E-state index contributed by atoms with van der Waals surface area (Å²) in [5.74, 6) is -1.60. The molecule has 1 aromatic heterocycles. The zero-order chi connectivity index (χ0) is 15.6. The Morgan fingerprint density at radius 3 is 2.67 bits per heavy atom.